The van der Waals surface area contributed by atoms with Gasteiger partial charge < -0.3 is 14.0 Å². The van der Waals surface area contributed by atoms with Crippen LogP contribution in [0.25, 0.3) is 0 Å². The van der Waals surface area contributed by atoms with Gasteiger partial charge in [-0.25, -0.2) is 0 Å². The van der Waals surface area contributed by atoms with Gasteiger partial charge in [0.2, 0.25) is 11.7 Å². The lowest BCUT2D eigenvalue weighted by Crippen LogP contribution is -2.22. The summed E-state index contributed by atoms with van der Waals surface area (Å²) in [7, 11) is 2.98. The van der Waals surface area contributed by atoms with Crippen LogP contribution in [0.2, 0.25) is 0 Å². The van der Waals surface area contributed by atoms with Crippen molar-refractivity contribution in [3.8, 4) is 0 Å². The van der Waals surface area contributed by atoms with E-state index in [0.29, 0.717) is 24.6 Å². The maximum absolute atomic E-state index is 11.7. The topological polar surface area (TPSA) is 74.5 Å². The van der Waals surface area contributed by atoms with Gasteiger partial charge in [0.1, 0.15) is 11.5 Å². The van der Waals surface area contributed by atoms with E-state index in [9.17, 15) is 4.79 Å². The smallest absolute Gasteiger partial charge is 0.321 e. The molecule has 0 spiro atoms. The van der Waals surface area contributed by atoms with Crippen LogP contribution >= 0.6 is 0 Å². The van der Waals surface area contributed by atoms with Crippen LogP contribution in [0.4, 0.5) is 0 Å². The average Bonchev–Trinajstić information content (AvgIpc) is 3.06. The zero-order chi connectivity index (χ0) is 13.2. The molecule has 1 saturated carbocycles. The number of hydrogen-bond donors (Lipinski definition) is 0. The van der Waals surface area contributed by atoms with Crippen LogP contribution in [0.1, 0.15) is 50.4 Å². The van der Waals surface area contributed by atoms with Gasteiger partial charge in [0.05, 0.1) is 7.11 Å². The molecule has 0 amide bonds. The number of aromatic nitrogens is 2. The van der Waals surface area contributed by atoms with E-state index >= 15 is 0 Å². The monoisotopic (exact) mass is 254 g/mol. The van der Waals surface area contributed by atoms with Gasteiger partial charge in [0.25, 0.3) is 0 Å². The summed E-state index contributed by atoms with van der Waals surface area (Å²) in [4.78, 5) is 16.0. The molecule has 2 rings (SSSR count). The fourth-order valence-electron chi connectivity index (χ4n) is 2.00. The number of rotatable bonds is 6. The Hall–Kier alpha value is -1.43. The SMILES string of the molecule is CCCC(OC)c1noc(C2(C(=O)OC)CC2)n1. The molecule has 0 saturated heterocycles. The quantitative estimate of drug-likeness (QED) is 0.720. The predicted octanol–water partition coefficient (Wildman–Crippen LogP) is 1.76. The van der Waals surface area contributed by atoms with Gasteiger partial charge in [-0.15, -0.1) is 0 Å². The van der Waals surface area contributed by atoms with Crippen LogP contribution in [0.5, 0.6) is 0 Å². The second kappa shape index (κ2) is 5.06. The summed E-state index contributed by atoms with van der Waals surface area (Å²) in [5.74, 6) is 0.550. The summed E-state index contributed by atoms with van der Waals surface area (Å²) in [6.07, 6.45) is 3.01. The molecule has 1 unspecified atom stereocenters. The van der Waals surface area contributed by atoms with Crippen LogP contribution in [-0.4, -0.2) is 30.3 Å². The highest BCUT2D eigenvalue weighted by Gasteiger charge is 2.57. The van der Waals surface area contributed by atoms with Crippen LogP contribution in [0.3, 0.4) is 0 Å². The highest BCUT2D eigenvalue weighted by atomic mass is 16.5. The summed E-state index contributed by atoms with van der Waals surface area (Å²) in [5.41, 5.74) is -0.704. The largest absolute Gasteiger partial charge is 0.468 e. The molecule has 1 heterocycles. The third-order valence-corrected chi connectivity index (χ3v) is 3.30. The molecule has 1 aromatic heterocycles. The summed E-state index contributed by atoms with van der Waals surface area (Å²) >= 11 is 0. The maximum Gasteiger partial charge on any atom is 0.321 e. The van der Waals surface area contributed by atoms with Crippen LogP contribution < -0.4 is 0 Å². The van der Waals surface area contributed by atoms with Crippen molar-refractivity contribution >= 4 is 5.97 Å². The number of carbonyl (C=O) groups excluding carboxylic acids is 1. The molecule has 6 nitrogen and oxygen atoms in total. The van der Waals surface area contributed by atoms with Gasteiger partial charge in [-0.3, -0.25) is 4.79 Å². The molecule has 100 valence electrons. The van der Waals surface area contributed by atoms with Crippen molar-refractivity contribution in [1.29, 1.82) is 0 Å². The molecular formula is C12H18N2O4. The highest BCUT2D eigenvalue weighted by Crippen LogP contribution is 2.48. The van der Waals surface area contributed by atoms with E-state index in [1.54, 1.807) is 7.11 Å². The minimum atomic E-state index is -0.704. The minimum absolute atomic E-state index is 0.180. The van der Waals surface area contributed by atoms with Crippen molar-refractivity contribution in [2.24, 2.45) is 0 Å². The van der Waals surface area contributed by atoms with Gasteiger partial charge in [0.15, 0.2) is 0 Å². The van der Waals surface area contributed by atoms with E-state index in [0.717, 1.165) is 12.8 Å². The fourth-order valence-corrected chi connectivity index (χ4v) is 2.00. The van der Waals surface area contributed by atoms with E-state index in [1.807, 2.05) is 0 Å². The van der Waals surface area contributed by atoms with Crippen molar-refractivity contribution < 1.29 is 18.8 Å². The molecule has 1 aliphatic carbocycles. The standard InChI is InChI=1S/C12H18N2O4/c1-4-5-8(16-2)9-13-10(18-14-9)12(6-7-12)11(15)17-3/h8H,4-7H2,1-3H3. The fraction of sp³-hybridized carbons (Fsp3) is 0.750. The average molecular weight is 254 g/mol. The Morgan fingerprint density at radius 3 is 2.72 bits per heavy atom. The lowest BCUT2D eigenvalue weighted by atomic mass is 10.1. The van der Waals surface area contributed by atoms with E-state index in [-0.39, 0.29) is 12.1 Å². The summed E-state index contributed by atoms with van der Waals surface area (Å²) in [5, 5.41) is 3.91. The summed E-state index contributed by atoms with van der Waals surface area (Å²) < 4.78 is 15.3. The van der Waals surface area contributed by atoms with Gasteiger partial charge in [-0.05, 0) is 19.3 Å². The van der Waals surface area contributed by atoms with Crippen LogP contribution in [0.15, 0.2) is 4.52 Å². The second-order valence-corrected chi connectivity index (χ2v) is 4.54. The van der Waals surface area contributed by atoms with Gasteiger partial charge in [-0.1, -0.05) is 18.5 Å². The molecule has 0 aromatic carbocycles. The predicted molar refractivity (Wildman–Crippen MR) is 61.9 cm³/mol. The normalized spacial score (nSPS) is 18.4. The first-order valence-electron chi connectivity index (χ1n) is 6.13. The molecule has 1 aliphatic rings. The Morgan fingerprint density at radius 1 is 1.50 bits per heavy atom. The summed E-state index contributed by atoms with van der Waals surface area (Å²) in [6.45, 7) is 2.06. The second-order valence-electron chi connectivity index (χ2n) is 4.54. The minimum Gasteiger partial charge on any atom is -0.468 e. The molecule has 0 aliphatic heterocycles. The van der Waals surface area contributed by atoms with Crippen molar-refractivity contribution in [1.82, 2.24) is 10.1 Å². The van der Waals surface area contributed by atoms with Gasteiger partial charge >= 0.3 is 5.97 Å². The molecule has 1 atom stereocenters. The Morgan fingerprint density at radius 2 is 2.22 bits per heavy atom. The van der Waals surface area contributed by atoms with Crippen molar-refractivity contribution in [3.05, 3.63) is 11.7 Å². The highest BCUT2D eigenvalue weighted by molar-refractivity contribution is 5.85. The van der Waals surface area contributed by atoms with E-state index in [1.165, 1.54) is 7.11 Å². The third kappa shape index (κ3) is 2.12. The van der Waals surface area contributed by atoms with Gasteiger partial charge in [0, 0.05) is 7.11 Å². The molecule has 1 aromatic rings. The Bertz CT molecular complexity index is 425. The maximum atomic E-state index is 11.7. The molecule has 1 fully saturated rings. The van der Waals surface area contributed by atoms with E-state index in [4.69, 9.17) is 14.0 Å². The number of esters is 1. The number of nitrogens with zero attached hydrogens (tertiary/aromatic N) is 2. The number of hydrogen-bond acceptors (Lipinski definition) is 6. The van der Waals surface area contributed by atoms with Crippen LogP contribution in [-0.2, 0) is 19.7 Å². The lowest BCUT2D eigenvalue weighted by Gasteiger charge is -2.09. The zero-order valence-corrected chi connectivity index (χ0v) is 10.9. The molecule has 0 bridgehead atoms. The van der Waals surface area contributed by atoms with Gasteiger partial charge in [-0.2, -0.15) is 4.98 Å². The third-order valence-electron chi connectivity index (χ3n) is 3.30. The van der Waals surface area contributed by atoms with Crippen molar-refractivity contribution in [2.75, 3.05) is 14.2 Å². The Kier molecular flexibility index (Phi) is 3.65. The first kappa shape index (κ1) is 13.0. The van der Waals surface area contributed by atoms with Crippen molar-refractivity contribution in [3.63, 3.8) is 0 Å². The van der Waals surface area contributed by atoms with E-state index < -0.39 is 5.41 Å². The number of ether oxygens (including phenoxy) is 2. The van der Waals surface area contributed by atoms with Crippen LogP contribution in [0, 0.1) is 0 Å². The van der Waals surface area contributed by atoms with E-state index in [2.05, 4.69) is 17.1 Å². The zero-order valence-electron chi connectivity index (χ0n) is 10.9. The summed E-state index contributed by atoms with van der Waals surface area (Å²) in [6, 6.07) is 0. The Balaban J connectivity index is 2.18. The molecule has 6 heteroatoms. The molecular weight excluding hydrogens is 236 g/mol. The first-order valence-corrected chi connectivity index (χ1v) is 6.13. The molecule has 18 heavy (non-hydrogen) atoms. The first-order chi connectivity index (χ1) is 8.67. The molecule has 0 radical (unpaired) electrons. The van der Waals surface area contributed by atoms with Crippen molar-refractivity contribution in [2.45, 2.75) is 44.1 Å². The number of carbonyl (C=O) groups is 1. The number of methoxy groups -OCH3 is 2. The Labute approximate surface area is 106 Å². The lowest BCUT2D eigenvalue weighted by molar-refractivity contribution is -0.144. The molecule has 0 N–H and O–H groups in total.